The average molecular weight is 305 g/mol. The molecule has 2 aliphatic rings. The van der Waals surface area contributed by atoms with E-state index in [1.54, 1.807) is 0 Å². The number of aryl methyl sites for hydroxylation is 1. The van der Waals surface area contributed by atoms with Crippen LogP contribution in [-0.2, 0) is 11.2 Å². The molecule has 1 N–H and O–H groups in total. The van der Waals surface area contributed by atoms with Crippen LogP contribution in [0.1, 0.15) is 69.4 Å². The van der Waals surface area contributed by atoms with Gasteiger partial charge in [0.2, 0.25) is 5.91 Å². The molecule has 0 aromatic carbocycles. The molecule has 4 nitrogen and oxygen atoms in total. The van der Waals surface area contributed by atoms with Crippen molar-refractivity contribution >= 4 is 5.91 Å². The second-order valence-corrected chi connectivity index (χ2v) is 6.66. The highest BCUT2D eigenvalue weighted by molar-refractivity contribution is 5.80. The summed E-state index contributed by atoms with van der Waals surface area (Å²) in [6, 6.07) is 4.09. The van der Waals surface area contributed by atoms with Gasteiger partial charge in [-0.05, 0) is 44.2 Å². The highest BCUT2D eigenvalue weighted by Gasteiger charge is 2.38. The number of carbonyl (C=O) groups is 1. The second kappa shape index (κ2) is 6.86. The number of furan rings is 1. The van der Waals surface area contributed by atoms with E-state index in [9.17, 15) is 9.90 Å². The molecule has 1 aliphatic carbocycles. The molecule has 1 aromatic heterocycles. The smallest absolute Gasteiger partial charge is 0.228 e. The molecule has 1 saturated carbocycles. The van der Waals surface area contributed by atoms with E-state index < -0.39 is 6.10 Å². The predicted molar refractivity (Wildman–Crippen MR) is 84.4 cm³/mol. The Morgan fingerprint density at radius 1 is 1.23 bits per heavy atom. The minimum absolute atomic E-state index is 0.0445. The zero-order valence-corrected chi connectivity index (χ0v) is 13.5. The van der Waals surface area contributed by atoms with Crippen LogP contribution in [0.3, 0.4) is 0 Å². The van der Waals surface area contributed by atoms with Gasteiger partial charge in [-0.1, -0.05) is 19.8 Å². The number of hydrogen-bond acceptors (Lipinski definition) is 3. The second-order valence-electron chi connectivity index (χ2n) is 6.66. The molecule has 0 radical (unpaired) electrons. The average Bonchev–Trinajstić information content (AvgIpc) is 3.09. The summed E-state index contributed by atoms with van der Waals surface area (Å²) in [6.45, 7) is 2.86. The summed E-state index contributed by atoms with van der Waals surface area (Å²) in [5.41, 5.74) is 0. The van der Waals surface area contributed by atoms with Gasteiger partial charge in [0.25, 0.3) is 0 Å². The van der Waals surface area contributed by atoms with Crippen LogP contribution in [0.5, 0.6) is 0 Å². The van der Waals surface area contributed by atoms with E-state index >= 15 is 0 Å². The van der Waals surface area contributed by atoms with E-state index in [4.69, 9.17) is 4.42 Å². The first kappa shape index (κ1) is 15.6. The molecule has 1 amide bonds. The van der Waals surface area contributed by atoms with Crippen LogP contribution in [-0.4, -0.2) is 28.6 Å². The summed E-state index contributed by atoms with van der Waals surface area (Å²) in [5, 5.41) is 10.1. The Hall–Kier alpha value is -1.29. The van der Waals surface area contributed by atoms with E-state index in [0.29, 0.717) is 0 Å². The number of aliphatic hydroxyl groups excluding tert-OH is 1. The van der Waals surface area contributed by atoms with Crippen molar-refractivity contribution in [2.45, 2.75) is 70.4 Å². The minimum atomic E-state index is -0.459. The largest absolute Gasteiger partial charge is 0.464 e. The van der Waals surface area contributed by atoms with E-state index in [0.717, 1.165) is 69.4 Å². The zero-order chi connectivity index (χ0) is 15.5. The molecule has 1 aliphatic heterocycles. The normalized spacial score (nSPS) is 29.5. The van der Waals surface area contributed by atoms with Gasteiger partial charge in [0.15, 0.2) is 0 Å². The fraction of sp³-hybridized carbons (Fsp3) is 0.722. The van der Waals surface area contributed by atoms with Gasteiger partial charge in [0, 0.05) is 13.0 Å². The summed E-state index contributed by atoms with van der Waals surface area (Å²) in [5.74, 6) is 1.82. The molecule has 122 valence electrons. The molecular weight excluding hydrogens is 278 g/mol. The zero-order valence-electron chi connectivity index (χ0n) is 13.5. The molecule has 2 fully saturated rings. The summed E-state index contributed by atoms with van der Waals surface area (Å²) in [6.07, 6.45) is 7.26. The quantitative estimate of drug-likeness (QED) is 0.930. The van der Waals surface area contributed by atoms with E-state index in [1.807, 2.05) is 17.0 Å². The molecule has 3 rings (SSSR count). The maximum atomic E-state index is 12.9. The standard InChI is InChI=1S/C18H27NO3/c1-2-13-10-11-17(22-13)15-8-4-3-5-12-19(15)18(21)14-7-6-9-16(14)20/h10-11,14-16,20H,2-9,12H2,1H3. The number of rotatable bonds is 3. The van der Waals surface area contributed by atoms with Gasteiger partial charge in [-0.2, -0.15) is 0 Å². The molecule has 22 heavy (non-hydrogen) atoms. The topological polar surface area (TPSA) is 53.7 Å². The van der Waals surface area contributed by atoms with Crippen LogP contribution in [0, 0.1) is 5.92 Å². The van der Waals surface area contributed by atoms with Gasteiger partial charge in [-0.15, -0.1) is 0 Å². The molecule has 3 atom stereocenters. The first-order chi connectivity index (χ1) is 10.7. The maximum absolute atomic E-state index is 12.9. The summed E-state index contributed by atoms with van der Waals surface area (Å²) in [4.78, 5) is 14.9. The molecule has 4 heteroatoms. The molecular formula is C18H27NO3. The third kappa shape index (κ3) is 3.07. The van der Waals surface area contributed by atoms with Crippen LogP contribution in [0.2, 0.25) is 0 Å². The van der Waals surface area contributed by atoms with Crippen molar-refractivity contribution in [3.63, 3.8) is 0 Å². The number of carbonyl (C=O) groups excluding carboxylic acids is 1. The number of amides is 1. The van der Waals surface area contributed by atoms with Crippen LogP contribution >= 0.6 is 0 Å². The van der Waals surface area contributed by atoms with Crippen molar-refractivity contribution in [3.8, 4) is 0 Å². The van der Waals surface area contributed by atoms with Crippen molar-refractivity contribution in [3.05, 3.63) is 23.7 Å². The van der Waals surface area contributed by atoms with Gasteiger partial charge in [-0.3, -0.25) is 4.79 Å². The number of nitrogens with zero attached hydrogens (tertiary/aromatic N) is 1. The maximum Gasteiger partial charge on any atom is 0.228 e. The van der Waals surface area contributed by atoms with Crippen LogP contribution in [0.25, 0.3) is 0 Å². The van der Waals surface area contributed by atoms with Gasteiger partial charge in [-0.25, -0.2) is 0 Å². The Labute approximate surface area is 132 Å². The van der Waals surface area contributed by atoms with Crippen LogP contribution in [0.15, 0.2) is 16.5 Å². The van der Waals surface area contributed by atoms with E-state index in [2.05, 4.69) is 6.92 Å². The van der Waals surface area contributed by atoms with Crippen molar-refractivity contribution in [2.75, 3.05) is 6.54 Å². The van der Waals surface area contributed by atoms with Crippen molar-refractivity contribution in [1.82, 2.24) is 4.90 Å². The third-order valence-corrected chi connectivity index (χ3v) is 5.19. The molecule has 0 spiro atoms. The Kier molecular flexibility index (Phi) is 4.87. The number of aliphatic hydroxyl groups is 1. The van der Waals surface area contributed by atoms with Gasteiger partial charge in [0.05, 0.1) is 18.1 Å². The minimum Gasteiger partial charge on any atom is -0.464 e. The van der Waals surface area contributed by atoms with Gasteiger partial charge in [0.1, 0.15) is 11.5 Å². The van der Waals surface area contributed by atoms with Crippen LogP contribution < -0.4 is 0 Å². The monoisotopic (exact) mass is 305 g/mol. The molecule has 1 saturated heterocycles. The lowest BCUT2D eigenvalue weighted by Gasteiger charge is -2.32. The summed E-state index contributed by atoms with van der Waals surface area (Å²) in [7, 11) is 0. The lowest BCUT2D eigenvalue weighted by atomic mass is 10.0. The van der Waals surface area contributed by atoms with Crippen molar-refractivity contribution in [2.24, 2.45) is 5.92 Å². The van der Waals surface area contributed by atoms with Gasteiger partial charge < -0.3 is 14.4 Å². The van der Waals surface area contributed by atoms with Gasteiger partial charge >= 0.3 is 0 Å². The molecule has 2 heterocycles. The Bertz CT molecular complexity index is 510. The Morgan fingerprint density at radius 2 is 2.09 bits per heavy atom. The fourth-order valence-corrected chi connectivity index (χ4v) is 3.87. The Morgan fingerprint density at radius 3 is 2.77 bits per heavy atom. The SMILES string of the molecule is CCc1ccc(C2CCCCCN2C(=O)C2CCCC2O)o1. The lowest BCUT2D eigenvalue weighted by molar-refractivity contribution is -0.141. The highest BCUT2D eigenvalue weighted by Crippen LogP contribution is 2.35. The van der Waals surface area contributed by atoms with E-state index in [1.165, 1.54) is 0 Å². The Balaban J connectivity index is 1.82. The lowest BCUT2D eigenvalue weighted by Crippen LogP contribution is -2.41. The molecule has 1 aromatic rings. The number of likely N-dealkylation sites (tertiary alicyclic amines) is 1. The molecule has 3 unspecified atom stereocenters. The van der Waals surface area contributed by atoms with Crippen LogP contribution in [0.4, 0.5) is 0 Å². The van der Waals surface area contributed by atoms with E-state index in [-0.39, 0.29) is 17.9 Å². The highest BCUT2D eigenvalue weighted by atomic mass is 16.3. The first-order valence-electron chi connectivity index (χ1n) is 8.78. The summed E-state index contributed by atoms with van der Waals surface area (Å²) < 4.78 is 5.94. The summed E-state index contributed by atoms with van der Waals surface area (Å²) >= 11 is 0. The van der Waals surface area contributed by atoms with Crippen molar-refractivity contribution < 1.29 is 14.3 Å². The van der Waals surface area contributed by atoms with Crippen molar-refractivity contribution in [1.29, 1.82) is 0 Å². The first-order valence-corrected chi connectivity index (χ1v) is 8.78. The number of hydrogen-bond donors (Lipinski definition) is 1. The molecule has 0 bridgehead atoms. The fourth-order valence-electron chi connectivity index (χ4n) is 3.87. The predicted octanol–water partition coefficient (Wildman–Crippen LogP) is 3.45. The third-order valence-electron chi connectivity index (χ3n) is 5.19.